The first kappa shape index (κ1) is 19.1. The van der Waals surface area contributed by atoms with Crippen molar-refractivity contribution in [2.24, 2.45) is 5.10 Å². The van der Waals surface area contributed by atoms with E-state index in [0.717, 1.165) is 0 Å². The number of halogens is 2. The number of carbonyl (C=O) groups is 1. The number of ether oxygens (including phenoxy) is 2. The summed E-state index contributed by atoms with van der Waals surface area (Å²) in [7, 11) is 1.53. The second kappa shape index (κ2) is 8.74. The maximum absolute atomic E-state index is 12.0. The van der Waals surface area contributed by atoms with E-state index < -0.39 is 5.91 Å². The molecule has 0 bridgehead atoms. The molecule has 0 heterocycles. The van der Waals surface area contributed by atoms with Crippen LogP contribution >= 0.6 is 23.2 Å². The van der Waals surface area contributed by atoms with Crippen molar-refractivity contribution in [1.82, 2.24) is 5.43 Å². The molecule has 0 saturated heterocycles. The van der Waals surface area contributed by atoms with Crippen molar-refractivity contribution in [3.05, 3.63) is 57.6 Å². The molecule has 5 nitrogen and oxygen atoms in total. The van der Waals surface area contributed by atoms with E-state index in [4.69, 9.17) is 32.7 Å². The number of hydrazone groups is 1. The van der Waals surface area contributed by atoms with Crippen LogP contribution in [-0.2, 0) is 0 Å². The van der Waals surface area contributed by atoms with E-state index in [1.807, 2.05) is 13.8 Å². The number of hydrogen-bond acceptors (Lipinski definition) is 4. The Morgan fingerprint density at radius 3 is 2.56 bits per heavy atom. The van der Waals surface area contributed by atoms with Crippen molar-refractivity contribution in [1.29, 1.82) is 0 Å². The molecule has 0 saturated carbocycles. The Morgan fingerprint density at radius 2 is 1.92 bits per heavy atom. The van der Waals surface area contributed by atoms with Gasteiger partial charge in [0.25, 0.3) is 5.91 Å². The summed E-state index contributed by atoms with van der Waals surface area (Å²) in [4.78, 5) is 12.0. The van der Waals surface area contributed by atoms with Gasteiger partial charge in [0, 0.05) is 0 Å². The van der Waals surface area contributed by atoms with Gasteiger partial charge in [0.05, 0.1) is 35.0 Å². The fraction of sp³-hybridized carbons (Fsp3) is 0.222. The van der Waals surface area contributed by atoms with Gasteiger partial charge in [0.1, 0.15) is 0 Å². The first-order valence-corrected chi connectivity index (χ1v) is 8.30. The van der Waals surface area contributed by atoms with Gasteiger partial charge in [-0.15, -0.1) is 0 Å². The molecular formula is C18H18Cl2N2O3. The lowest BCUT2D eigenvalue weighted by molar-refractivity contribution is 0.0955. The first-order chi connectivity index (χ1) is 11.9. The van der Waals surface area contributed by atoms with Gasteiger partial charge in [0.15, 0.2) is 11.5 Å². The van der Waals surface area contributed by atoms with Gasteiger partial charge in [-0.25, -0.2) is 5.43 Å². The lowest BCUT2D eigenvalue weighted by atomic mass is 10.2. The highest BCUT2D eigenvalue weighted by Crippen LogP contribution is 2.36. The highest BCUT2D eigenvalue weighted by molar-refractivity contribution is 6.34. The number of rotatable bonds is 6. The number of nitrogens with one attached hydrogen (secondary N) is 1. The van der Waals surface area contributed by atoms with Crippen LogP contribution in [0.25, 0.3) is 0 Å². The van der Waals surface area contributed by atoms with Crippen LogP contribution in [-0.4, -0.2) is 25.3 Å². The van der Waals surface area contributed by atoms with E-state index in [0.29, 0.717) is 32.7 Å². The molecule has 0 aromatic heterocycles. The molecule has 25 heavy (non-hydrogen) atoms. The molecule has 0 aliphatic rings. The fourth-order valence-electron chi connectivity index (χ4n) is 2.04. The molecule has 0 radical (unpaired) electrons. The Hall–Kier alpha value is -2.24. The molecule has 0 fully saturated rings. The average Bonchev–Trinajstić information content (AvgIpc) is 2.57. The van der Waals surface area contributed by atoms with Crippen LogP contribution in [0.1, 0.15) is 29.8 Å². The summed E-state index contributed by atoms with van der Waals surface area (Å²) in [6.07, 6.45) is 1.42. The van der Waals surface area contributed by atoms with E-state index in [1.54, 1.807) is 36.4 Å². The molecule has 1 N–H and O–H groups in total. The molecule has 2 aromatic rings. The molecule has 2 rings (SSSR count). The Kier molecular flexibility index (Phi) is 6.67. The van der Waals surface area contributed by atoms with E-state index >= 15 is 0 Å². The zero-order valence-electron chi connectivity index (χ0n) is 14.0. The van der Waals surface area contributed by atoms with Crippen LogP contribution < -0.4 is 14.9 Å². The quantitative estimate of drug-likeness (QED) is 0.590. The van der Waals surface area contributed by atoms with E-state index in [1.165, 1.54) is 13.3 Å². The average molecular weight is 381 g/mol. The van der Waals surface area contributed by atoms with Crippen LogP contribution in [0.4, 0.5) is 0 Å². The van der Waals surface area contributed by atoms with Gasteiger partial charge in [-0.3, -0.25) is 4.79 Å². The maximum Gasteiger partial charge on any atom is 0.272 e. The third-order valence-electron chi connectivity index (χ3n) is 3.10. The molecule has 2 aromatic carbocycles. The zero-order valence-corrected chi connectivity index (χ0v) is 15.6. The molecule has 1 amide bonds. The lowest BCUT2D eigenvalue weighted by Gasteiger charge is -2.15. The van der Waals surface area contributed by atoms with Crippen molar-refractivity contribution in [2.75, 3.05) is 7.11 Å². The first-order valence-electron chi connectivity index (χ1n) is 7.54. The molecule has 0 atom stereocenters. The van der Waals surface area contributed by atoms with Gasteiger partial charge >= 0.3 is 0 Å². The van der Waals surface area contributed by atoms with Crippen molar-refractivity contribution in [3.8, 4) is 11.5 Å². The predicted octanol–water partition coefficient (Wildman–Crippen LogP) is 4.55. The van der Waals surface area contributed by atoms with Crippen LogP contribution in [0.5, 0.6) is 11.5 Å². The Labute approximate surface area is 156 Å². The SMILES string of the molecule is COc1cc(/C=N\NC(=O)c2ccccc2Cl)cc(Cl)c1OC(C)C. The topological polar surface area (TPSA) is 59.9 Å². The minimum atomic E-state index is -0.403. The van der Waals surface area contributed by atoms with Crippen molar-refractivity contribution in [3.63, 3.8) is 0 Å². The molecule has 0 aliphatic carbocycles. The highest BCUT2D eigenvalue weighted by atomic mass is 35.5. The van der Waals surface area contributed by atoms with Crippen LogP contribution in [0, 0.1) is 0 Å². The normalized spacial score (nSPS) is 11.0. The molecule has 0 spiro atoms. The van der Waals surface area contributed by atoms with E-state index in [2.05, 4.69) is 10.5 Å². The lowest BCUT2D eigenvalue weighted by Crippen LogP contribution is -2.18. The Balaban J connectivity index is 2.14. The number of amides is 1. The minimum absolute atomic E-state index is 0.0409. The molecule has 7 heteroatoms. The molecule has 132 valence electrons. The van der Waals surface area contributed by atoms with Gasteiger partial charge in [-0.1, -0.05) is 35.3 Å². The third kappa shape index (κ3) is 5.11. The summed E-state index contributed by atoms with van der Waals surface area (Å²) in [5.41, 5.74) is 3.42. The molecular weight excluding hydrogens is 363 g/mol. The number of hydrogen-bond donors (Lipinski definition) is 1. The Morgan fingerprint density at radius 1 is 1.20 bits per heavy atom. The van der Waals surface area contributed by atoms with Crippen LogP contribution in [0.2, 0.25) is 10.0 Å². The predicted molar refractivity (Wildman–Crippen MR) is 100 cm³/mol. The van der Waals surface area contributed by atoms with Gasteiger partial charge in [-0.2, -0.15) is 5.10 Å². The number of carbonyl (C=O) groups excluding carboxylic acids is 1. The number of nitrogens with zero attached hydrogens (tertiary/aromatic N) is 1. The summed E-state index contributed by atoms with van der Waals surface area (Å²) < 4.78 is 11.0. The fourth-order valence-corrected chi connectivity index (χ4v) is 2.52. The summed E-state index contributed by atoms with van der Waals surface area (Å²) in [5, 5.41) is 4.68. The maximum atomic E-state index is 12.0. The van der Waals surface area contributed by atoms with Crippen molar-refractivity contribution in [2.45, 2.75) is 20.0 Å². The van der Waals surface area contributed by atoms with Crippen molar-refractivity contribution < 1.29 is 14.3 Å². The largest absolute Gasteiger partial charge is 0.493 e. The third-order valence-corrected chi connectivity index (χ3v) is 3.71. The van der Waals surface area contributed by atoms with E-state index in [9.17, 15) is 4.79 Å². The Bertz CT molecular complexity index is 792. The standard InChI is InChI=1S/C18H18Cl2N2O3/c1-11(2)25-17-15(20)8-12(9-16(17)24-3)10-21-22-18(23)13-6-4-5-7-14(13)19/h4-11H,1-3H3,(H,22,23)/b21-10-. The van der Waals surface area contributed by atoms with Gasteiger partial charge < -0.3 is 9.47 Å². The van der Waals surface area contributed by atoms with Crippen LogP contribution in [0.15, 0.2) is 41.5 Å². The zero-order chi connectivity index (χ0) is 18.4. The monoisotopic (exact) mass is 380 g/mol. The summed E-state index contributed by atoms with van der Waals surface area (Å²) in [6, 6.07) is 10.1. The van der Waals surface area contributed by atoms with Gasteiger partial charge in [0.2, 0.25) is 0 Å². The summed E-state index contributed by atoms with van der Waals surface area (Å²) in [5.74, 6) is 0.552. The second-order valence-corrected chi connectivity index (χ2v) is 6.19. The smallest absolute Gasteiger partial charge is 0.272 e. The van der Waals surface area contributed by atoms with E-state index in [-0.39, 0.29) is 6.10 Å². The van der Waals surface area contributed by atoms with Crippen molar-refractivity contribution >= 4 is 35.3 Å². The second-order valence-electron chi connectivity index (χ2n) is 5.38. The minimum Gasteiger partial charge on any atom is -0.493 e. The van der Waals surface area contributed by atoms with Gasteiger partial charge in [-0.05, 0) is 43.7 Å². The number of methoxy groups -OCH3 is 1. The van der Waals surface area contributed by atoms with Crippen LogP contribution in [0.3, 0.4) is 0 Å². The molecule has 0 aliphatic heterocycles. The number of benzene rings is 2. The highest BCUT2D eigenvalue weighted by Gasteiger charge is 2.13. The molecule has 0 unspecified atom stereocenters. The summed E-state index contributed by atoms with van der Waals surface area (Å²) >= 11 is 12.2. The summed E-state index contributed by atoms with van der Waals surface area (Å²) in [6.45, 7) is 3.80.